The number of hydrogen-bond donors (Lipinski definition) is 1. The Kier molecular flexibility index (Phi) is 3.74. The Morgan fingerprint density at radius 3 is 2.64 bits per heavy atom. The number of rotatable bonds is 3. The lowest BCUT2D eigenvalue weighted by Gasteiger charge is -2.37. The molecular weight excluding hydrogens is 284 g/mol. The number of benzene rings is 1. The average molecular weight is 302 g/mol. The van der Waals surface area contributed by atoms with E-state index >= 15 is 0 Å². The molecule has 2 heterocycles. The van der Waals surface area contributed by atoms with Gasteiger partial charge in [-0.3, -0.25) is 10.1 Å². The van der Waals surface area contributed by atoms with Crippen LogP contribution in [-0.2, 0) is 0 Å². The molecule has 1 aromatic carbocycles. The van der Waals surface area contributed by atoms with E-state index in [1.54, 1.807) is 6.07 Å². The van der Waals surface area contributed by atoms with Crippen LogP contribution >= 0.6 is 0 Å². The molecule has 0 saturated carbocycles. The van der Waals surface area contributed by atoms with Crippen molar-refractivity contribution >= 4 is 11.4 Å². The van der Waals surface area contributed by atoms with Crippen LogP contribution in [0.2, 0.25) is 0 Å². The molecule has 22 heavy (non-hydrogen) atoms. The van der Waals surface area contributed by atoms with E-state index < -0.39 is 4.92 Å². The van der Waals surface area contributed by atoms with Crippen molar-refractivity contribution in [1.29, 1.82) is 0 Å². The second kappa shape index (κ2) is 5.70. The number of hydrogen-bond acceptors (Lipinski definition) is 6. The molecule has 1 aromatic heterocycles. The van der Waals surface area contributed by atoms with Gasteiger partial charge in [-0.1, -0.05) is 13.8 Å². The topological polar surface area (TPSA) is 101 Å². The molecule has 0 unspecified atom stereocenters. The van der Waals surface area contributed by atoms with E-state index in [1.165, 1.54) is 18.6 Å². The fraction of sp³-hybridized carbons (Fsp3) is 0.500. The lowest BCUT2D eigenvalue weighted by Crippen LogP contribution is -2.39. The van der Waals surface area contributed by atoms with Crippen molar-refractivity contribution in [2.75, 3.05) is 18.0 Å². The summed E-state index contributed by atoms with van der Waals surface area (Å²) in [6.45, 7) is 6.30. The number of aromatic amines is 1. The van der Waals surface area contributed by atoms with Crippen molar-refractivity contribution in [2.45, 2.75) is 20.3 Å². The highest BCUT2D eigenvalue weighted by Gasteiger charge is 2.26. The Morgan fingerprint density at radius 2 is 2.05 bits per heavy atom. The van der Waals surface area contributed by atoms with Crippen LogP contribution in [0.1, 0.15) is 20.3 Å². The lowest BCUT2D eigenvalue weighted by atomic mass is 9.91. The lowest BCUT2D eigenvalue weighted by molar-refractivity contribution is -0.384. The molecule has 0 amide bonds. The highest BCUT2D eigenvalue weighted by molar-refractivity contribution is 5.76. The summed E-state index contributed by atoms with van der Waals surface area (Å²) in [7, 11) is 0. The van der Waals surface area contributed by atoms with Crippen LogP contribution in [0, 0.1) is 22.0 Å². The number of nitrogens with zero attached hydrogens (tertiary/aromatic N) is 5. The van der Waals surface area contributed by atoms with Gasteiger partial charge in [0, 0.05) is 30.9 Å². The Morgan fingerprint density at radius 1 is 1.32 bits per heavy atom. The molecule has 1 fully saturated rings. The van der Waals surface area contributed by atoms with Crippen molar-refractivity contribution in [3.8, 4) is 11.4 Å². The molecule has 2 aromatic rings. The number of piperidine rings is 1. The Labute approximate surface area is 127 Å². The number of nitrogens with one attached hydrogen (secondary N) is 1. The third kappa shape index (κ3) is 2.76. The van der Waals surface area contributed by atoms with E-state index in [0.717, 1.165) is 18.8 Å². The van der Waals surface area contributed by atoms with Crippen LogP contribution in [0.4, 0.5) is 11.4 Å². The van der Waals surface area contributed by atoms with Crippen molar-refractivity contribution in [3.05, 3.63) is 28.3 Å². The fourth-order valence-electron chi connectivity index (χ4n) is 3.23. The highest BCUT2D eigenvalue weighted by atomic mass is 16.6. The summed E-state index contributed by atoms with van der Waals surface area (Å²) in [6, 6.07) is 4.83. The SMILES string of the molecule is C[C@@H]1C[C@H](C)CN(c2ccc([N+](=O)[O-])cc2-c2nn[nH]n2)C1. The Balaban J connectivity index is 2.05. The van der Waals surface area contributed by atoms with Gasteiger partial charge in [0.2, 0.25) is 5.82 Å². The summed E-state index contributed by atoms with van der Waals surface area (Å²) in [5.74, 6) is 1.54. The molecular formula is C14H18N6O2. The first-order chi connectivity index (χ1) is 10.5. The predicted octanol–water partition coefficient (Wildman–Crippen LogP) is 2.26. The standard InChI is InChI=1S/C14H18N6O2/c1-9-5-10(2)8-19(7-9)13-4-3-11(20(21)22)6-12(13)14-15-17-18-16-14/h3-4,6,9-10H,5,7-8H2,1-2H3,(H,15,16,17,18)/t9-,10+. The van der Waals surface area contributed by atoms with Crippen LogP contribution in [0.25, 0.3) is 11.4 Å². The van der Waals surface area contributed by atoms with Gasteiger partial charge in [-0.2, -0.15) is 5.21 Å². The average Bonchev–Trinajstić information content (AvgIpc) is 2.99. The van der Waals surface area contributed by atoms with Gasteiger partial charge < -0.3 is 4.90 Å². The van der Waals surface area contributed by atoms with Crippen molar-refractivity contribution in [2.24, 2.45) is 11.8 Å². The molecule has 1 aliphatic heterocycles. The van der Waals surface area contributed by atoms with Gasteiger partial charge in [0.25, 0.3) is 5.69 Å². The number of nitro groups is 1. The number of H-pyrrole nitrogens is 1. The second-order valence-electron chi connectivity index (χ2n) is 6.05. The van der Waals surface area contributed by atoms with Crippen molar-refractivity contribution in [3.63, 3.8) is 0 Å². The zero-order chi connectivity index (χ0) is 15.7. The molecule has 1 saturated heterocycles. The van der Waals surface area contributed by atoms with Crippen LogP contribution < -0.4 is 4.90 Å². The Bertz CT molecular complexity index is 662. The van der Waals surface area contributed by atoms with Crippen molar-refractivity contribution < 1.29 is 4.92 Å². The molecule has 1 aliphatic rings. The van der Waals surface area contributed by atoms with E-state index in [2.05, 4.69) is 39.4 Å². The molecule has 1 N–H and O–H groups in total. The number of nitro benzene ring substituents is 1. The highest BCUT2D eigenvalue weighted by Crippen LogP contribution is 2.35. The molecule has 2 atom stereocenters. The van der Waals surface area contributed by atoms with Gasteiger partial charge in [-0.15, -0.1) is 10.2 Å². The van der Waals surface area contributed by atoms with E-state index in [1.807, 2.05) is 0 Å². The van der Waals surface area contributed by atoms with Crippen molar-refractivity contribution in [1.82, 2.24) is 20.6 Å². The molecule has 116 valence electrons. The first-order valence-corrected chi connectivity index (χ1v) is 7.31. The summed E-state index contributed by atoms with van der Waals surface area (Å²) >= 11 is 0. The van der Waals surface area contributed by atoms with Crippen LogP contribution in [0.3, 0.4) is 0 Å². The maximum atomic E-state index is 11.0. The van der Waals surface area contributed by atoms with Gasteiger partial charge in [-0.25, -0.2) is 0 Å². The molecule has 0 spiro atoms. The number of aromatic nitrogens is 4. The predicted molar refractivity (Wildman–Crippen MR) is 81.4 cm³/mol. The molecule has 0 bridgehead atoms. The first-order valence-electron chi connectivity index (χ1n) is 7.31. The van der Waals surface area contributed by atoms with Gasteiger partial charge in [-0.05, 0) is 29.5 Å². The maximum absolute atomic E-state index is 11.0. The summed E-state index contributed by atoms with van der Waals surface area (Å²) in [5.41, 5.74) is 1.59. The number of anilines is 1. The van der Waals surface area contributed by atoms with Crippen LogP contribution in [0.15, 0.2) is 18.2 Å². The minimum Gasteiger partial charge on any atom is -0.370 e. The fourth-order valence-corrected chi connectivity index (χ4v) is 3.23. The van der Waals surface area contributed by atoms with Crippen LogP contribution in [0.5, 0.6) is 0 Å². The monoisotopic (exact) mass is 302 g/mol. The summed E-state index contributed by atoms with van der Waals surface area (Å²) in [6.07, 6.45) is 1.20. The van der Waals surface area contributed by atoms with Gasteiger partial charge in [0.1, 0.15) is 0 Å². The third-order valence-electron chi connectivity index (χ3n) is 3.99. The molecule has 3 rings (SSSR count). The van der Waals surface area contributed by atoms with Gasteiger partial charge in [0.15, 0.2) is 0 Å². The molecule has 0 radical (unpaired) electrons. The number of tetrazole rings is 1. The minimum absolute atomic E-state index is 0.0293. The van der Waals surface area contributed by atoms with E-state index in [-0.39, 0.29) is 5.69 Å². The quantitative estimate of drug-likeness (QED) is 0.689. The first kappa shape index (κ1) is 14.4. The summed E-state index contributed by atoms with van der Waals surface area (Å²) in [4.78, 5) is 12.9. The molecule has 8 heteroatoms. The third-order valence-corrected chi connectivity index (χ3v) is 3.99. The molecule has 8 nitrogen and oxygen atoms in total. The zero-order valence-corrected chi connectivity index (χ0v) is 12.6. The second-order valence-corrected chi connectivity index (χ2v) is 6.05. The van der Waals surface area contributed by atoms with E-state index in [0.29, 0.717) is 23.2 Å². The Hall–Kier alpha value is -2.51. The molecule has 0 aliphatic carbocycles. The maximum Gasteiger partial charge on any atom is 0.270 e. The van der Waals surface area contributed by atoms with Gasteiger partial charge >= 0.3 is 0 Å². The summed E-state index contributed by atoms with van der Waals surface area (Å²) in [5, 5.41) is 25.0. The normalized spacial score (nSPS) is 21.8. The minimum atomic E-state index is -0.408. The number of non-ortho nitro benzene ring substituents is 1. The summed E-state index contributed by atoms with van der Waals surface area (Å²) < 4.78 is 0. The van der Waals surface area contributed by atoms with E-state index in [9.17, 15) is 10.1 Å². The van der Waals surface area contributed by atoms with Crippen LogP contribution in [-0.4, -0.2) is 38.6 Å². The zero-order valence-electron chi connectivity index (χ0n) is 12.6. The largest absolute Gasteiger partial charge is 0.370 e. The smallest absolute Gasteiger partial charge is 0.270 e. The van der Waals surface area contributed by atoms with E-state index in [4.69, 9.17) is 0 Å². The van der Waals surface area contributed by atoms with Gasteiger partial charge in [0.05, 0.1) is 10.5 Å².